The van der Waals surface area contributed by atoms with Gasteiger partial charge in [-0.2, -0.15) is 10.5 Å². The van der Waals surface area contributed by atoms with E-state index < -0.39 is 0 Å². The van der Waals surface area contributed by atoms with E-state index in [1.54, 1.807) is 36.4 Å². The number of hydrogen-bond donors (Lipinski definition) is 0. The first-order chi connectivity index (χ1) is 9.76. The summed E-state index contributed by atoms with van der Waals surface area (Å²) in [6, 6.07) is 15.6. The molecular formula is C16H10N2O2. The average Bonchev–Trinajstić information content (AvgIpc) is 2.49. The molecule has 0 aliphatic rings. The van der Waals surface area contributed by atoms with Crippen molar-refractivity contribution in [3.63, 3.8) is 0 Å². The average molecular weight is 262 g/mol. The summed E-state index contributed by atoms with van der Waals surface area (Å²) in [7, 11) is 0. The highest BCUT2D eigenvalue weighted by atomic mass is 16.5. The van der Waals surface area contributed by atoms with Crippen molar-refractivity contribution in [2.75, 3.05) is 0 Å². The number of rotatable bonds is 4. The lowest BCUT2D eigenvalue weighted by molar-refractivity contribution is 0.469. The quantitative estimate of drug-likeness (QED) is 0.787. The smallest absolute Gasteiger partial charge is 0.128 e. The van der Waals surface area contributed by atoms with Crippen LogP contribution in [0, 0.1) is 22.7 Å². The first kappa shape index (κ1) is 13.2. The normalized spacial score (nSPS) is 9.10. The van der Waals surface area contributed by atoms with Gasteiger partial charge in [-0.05, 0) is 42.5 Å². The van der Waals surface area contributed by atoms with Gasteiger partial charge in [0.2, 0.25) is 0 Å². The van der Waals surface area contributed by atoms with E-state index in [4.69, 9.17) is 20.0 Å². The highest BCUT2D eigenvalue weighted by Gasteiger charge is 2.04. The fraction of sp³-hybridized carbons (Fsp3) is 0. The Morgan fingerprint density at radius 3 is 2.05 bits per heavy atom. The summed E-state index contributed by atoms with van der Waals surface area (Å²) in [4.78, 5) is 0. The van der Waals surface area contributed by atoms with Crippen molar-refractivity contribution in [2.45, 2.75) is 0 Å². The Kier molecular flexibility index (Phi) is 4.01. The molecule has 20 heavy (non-hydrogen) atoms. The highest BCUT2D eigenvalue weighted by molar-refractivity contribution is 5.50. The molecule has 0 heterocycles. The van der Waals surface area contributed by atoms with E-state index in [1.807, 2.05) is 12.1 Å². The Hall–Kier alpha value is -3.24. The molecule has 0 atom stereocenters. The summed E-state index contributed by atoms with van der Waals surface area (Å²) in [5.74, 6) is 1.76. The summed E-state index contributed by atoms with van der Waals surface area (Å²) < 4.78 is 10.7. The maximum absolute atomic E-state index is 8.95. The van der Waals surface area contributed by atoms with E-state index in [0.29, 0.717) is 22.8 Å². The second kappa shape index (κ2) is 6.08. The standard InChI is InChI=1S/C16H10N2O2/c1-2-19-14-5-7-15(8-6-14)20-16-4-3-12(10-17)13(9-16)11-18/h2-9H,1H2. The van der Waals surface area contributed by atoms with Gasteiger partial charge in [0, 0.05) is 0 Å². The SMILES string of the molecule is C=COc1ccc(Oc2ccc(C#N)c(C#N)c2)cc1. The molecule has 4 nitrogen and oxygen atoms in total. The molecule has 0 aliphatic heterocycles. The molecular weight excluding hydrogens is 252 g/mol. The molecule has 0 saturated carbocycles. The van der Waals surface area contributed by atoms with Gasteiger partial charge in [0.05, 0.1) is 17.4 Å². The molecule has 2 aromatic rings. The zero-order valence-electron chi connectivity index (χ0n) is 10.5. The lowest BCUT2D eigenvalue weighted by Gasteiger charge is -2.07. The fourth-order valence-electron chi connectivity index (χ4n) is 1.60. The highest BCUT2D eigenvalue weighted by Crippen LogP contribution is 2.25. The van der Waals surface area contributed by atoms with Crippen LogP contribution in [0.2, 0.25) is 0 Å². The maximum atomic E-state index is 8.95. The molecule has 0 radical (unpaired) electrons. The molecule has 0 unspecified atom stereocenters. The Balaban J connectivity index is 2.20. The van der Waals surface area contributed by atoms with Crippen LogP contribution in [0.3, 0.4) is 0 Å². The van der Waals surface area contributed by atoms with Crippen LogP contribution in [0.1, 0.15) is 11.1 Å². The lowest BCUT2D eigenvalue weighted by atomic mass is 10.1. The van der Waals surface area contributed by atoms with E-state index in [0.717, 1.165) is 0 Å². The predicted octanol–water partition coefficient (Wildman–Crippen LogP) is 3.74. The third-order valence-corrected chi connectivity index (χ3v) is 2.51. The van der Waals surface area contributed by atoms with Gasteiger partial charge in [-0.25, -0.2) is 0 Å². The van der Waals surface area contributed by atoms with Crippen molar-refractivity contribution in [3.8, 4) is 29.4 Å². The van der Waals surface area contributed by atoms with Gasteiger partial charge in [-0.3, -0.25) is 0 Å². The van der Waals surface area contributed by atoms with Crippen molar-refractivity contribution < 1.29 is 9.47 Å². The van der Waals surface area contributed by atoms with Crippen LogP contribution in [0.15, 0.2) is 55.3 Å². The molecule has 0 saturated heterocycles. The molecule has 4 heteroatoms. The summed E-state index contributed by atoms with van der Waals surface area (Å²) in [5.41, 5.74) is 0.617. The largest absolute Gasteiger partial charge is 0.466 e. The minimum Gasteiger partial charge on any atom is -0.466 e. The molecule has 96 valence electrons. The van der Waals surface area contributed by atoms with Gasteiger partial charge in [-0.1, -0.05) is 6.58 Å². The van der Waals surface area contributed by atoms with Crippen molar-refractivity contribution >= 4 is 0 Å². The number of hydrogen-bond acceptors (Lipinski definition) is 4. The van der Waals surface area contributed by atoms with E-state index in [2.05, 4.69) is 6.58 Å². The number of ether oxygens (including phenoxy) is 2. The number of nitriles is 2. The molecule has 0 spiro atoms. The Bertz CT molecular complexity index is 707. The van der Waals surface area contributed by atoms with E-state index in [9.17, 15) is 0 Å². The van der Waals surface area contributed by atoms with Crippen LogP contribution >= 0.6 is 0 Å². The third kappa shape index (κ3) is 2.95. The maximum Gasteiger partial charge on any atom is 0.128 e. The first-order valence-corrected chi connectivity index (χ1v) is 5.76. The predicted molar refractivity (Wildman–Crippen MR) is 73.2 cm³/mol. The second-order valence-electron chi connectivity index (χ2n) is 3.79. The van der Waals surface area contributed by atoms with Gasteiger partial charge in [0.15, 0.2) is 0 Å². The van der Waals surface area contributed by atoms with Gasteiger partial charge in [-0.15, -0.1) is 0 Å². The third-order valence-electron chi connectivity index (χ3n) is 2.51. The minimum absolute atomic E-state index is 0.289. The minimum atomic E-state index is 0.289. The summed E-state index contributed by atoms with van der Waals surface area (Å²) >= 11 is 0. The Morgan fingerprint density at radius 1 is 0.850 bits per heavy atom. The van der Waals surface area contributed by atoms with Gasteiger partial charge >= 0.3 is 0 Å². The van der Waals surface area contributed by atoms with Crippen molar-refractivity contribution in [1.29, 1.82) is 10.5 Å². The van der Waals surface area contributed by atoms with Crippen LogP contribution < -0.4 is 9.47 Å². The van der Waals surface area contributed by atoms with Crippen LogP contribution in [-0.4, -0.2) is 0 Å². The summed E-state index contributed by atoms with van der Waals surface area (Å²) in [6.07, 6.45) is 1.34. The van der Waals surface area contributed by atoms with Gasteiger partial charge in [0.1, 0.15) is 29.4 Å². The summed E-state index contributed by atoms with van der Waals surface area (Å²) in [5, 5.41) is 17.8. The number of benzene rings is 2. The van der Waals surface area contributed by atoms with E-state index in [1.165, 1.54) is 12.3 Å². The van der Waals surface area contributed by atoms with Crippen LogP contribution in [-0.2, 0) is 0 Å². The zero-order chi connectivity index (χ0) is 14.4. The Labute approximate surface area is 116 Å². The van der Waals surface area contributed by atoms with Crippen LogP contribution in [0.5, 0.6) is 17.2 Å². The van der Waals surface area contributed by atoms with Crippen molar-refractivity contribution in [2.24, 2.45) is 0 Å². The molecule has 0 aliphatic carbocycles. The van der Waals surface area contributed by atoms with Gasteiger partial charge in [0.25, 0.3) is 0 Å². The monoisotopic (exact) mass is 262 g/mol. The fourth-order valence-corrected chi connectivity index (χ4v) is 1.60. The Morgan fingerprint density at radius 2 is 1.45 bits per heavy atom. The van der Waals surface area contributed by atoms with E-state index in [-0.39, 0.29) is 5.56 Å². The first-order valence-electron chi connectivity index (χ1n) is 5.76. The molecule has 2 aromatic carbocycles. The molecule has 0 bridgehead atoms. The van der Waals surface area contributed by atoms with Crippen molar-refractivity contribution in [3.05, 3.63) is 66.4 Å². The molecule has 0 fully saturated rings. The molecule has 0 N–H and O–H groups in total. The summed E-state index contributed by atoms with van der Waals surface area (Å²) in [6.45, 7) is 3.47. The van der Waals surface area contributed by atoms with E-state index >= 15 is 0 Å². The molecule has 2 rings (SSSR count). The zero-order valence-corrected chi connectivity index (χ0v) is 10.5. The van der Waals surface area contributed by atoms with Crippen LogP contribution in [0.25, 0.3) is 0 Å². The van der Waals surface area contributed by atoms with Crippen LogP contribution in [0.4, 0.5) is 0 Å². The van der Waals surface area contributed by atoms with Crippen molar-refractivity contribution in [1.82, 2.24) is 0 Å². The second-order valence-corrected chi connectivity index (χ2v) is 3.79. The molecule has 0 amide bonds. The number of nitrogens with zero attached hydrogens (tertiary/aromatic N) is 2. The topological polar surface area (TPSA) is 66.0 Å². The van der Waals surface area contributed by atoms with Gasteiger partial charge < -0.3 is 9.47 Å². The lowest BCUT2D eigenvalue weighted by Crippen LogP contribution is -1.88. The molecule has 0 aromatic heterocycles.